The fraction of sp³-hybridized carbons (Fsp3) is 0.0566. The SMILES string of the molecule is CC1(C)c2cc(-c3cccc4ccccc34)ccc2-c2ccc(-c3ccc(-c4cc5ccc6ccccc6c5c5ccccc45)c4ccccc34)cc21. The molecule has 0 fully saturated rings. The minimum atomic E-state index is -0.134. The first kappa shape index (κ1) is 30.2. The van der Waals surface area contributed by atoms with E-state index in [-0.39, 0.29) is 5.41 Å². The molecule has 0 saturated carbocycles. The van der Waals surface area contributed by atoms with E-state index in [9.17, 15) is 0 Å². The molecule has 11 rings (SSSR count). The molecular weight excluding hydrogens is 637 g/mol. The average Bonchev–Trinajstić information content (AvgIpc) is 3.44. The highest BCUT2D eigenvalue weighted by Crippen LogP contribution is 2.51. The summed E-state index contributed by atoms with van der Waals surface area (Å²) in [4.78, 5) is 0. The van der Waals surface area contributed by atoms with E-state index in [0.717, 1.165) is 0 Å². The van der Waals surface area contributed by atoms with Crippen molar-refractivity contribution in [2.45, 2.75) is 19.3 Å². The van der Waals surface area contributed by atoms with Crippen LogP contribution in [0.3, 0.4) is 0 Å². The molecule has 1 aliphatic rings. The topological polar surface area (TPSA) is 0 Å². The summed E-state index contributed by atoms with van der Waals surface area (Å²) in [5, 5.41) is 12.9. The Morgan fingerprint density at radius 2 is 0.736 bits per heavy atom. The van der Waals surface area contributed by atoms with Gasteiger partial charge in [-0.2, -0.15) is 0 Å². The summed E-state index contributed by atoms with van der Waals surface area (Å²) in [6.07, 6.45) is 0. The minimum absolute atomic E-state index is 0.134. The first-order valence-corrected chi connectivity index (χ1v) is 18.7. The monoisotopic (exact) mass is 672 g/mol. The summed E-state index contributed by atoms with van der Waals surface area (Å²) in [7, 11) is 0. The van der Waals surface area contributed by atoms with Crippen LogP contribution >= 0.6 is 0 Å². The number of fused-ring (bicyclic) bond motifs is 10. The van der Waals surface area contributed by atoms with Gasteiger partial charge < -0.3 is 0 Å². The summed E-state index contributed by atoms with van der Waals surface area (Å²) in [6, 6.07) is 67.9. The highest BCUT2D eigenvalue weighted by Gasteiger charge is 2.36. The van der Waals surface area contributed by atoms with E-state index in [2.05, 4.69) is 196 Å². The minimum Gasteiger partial charge on any atom is -0.0616 e. The van der Waals surface area contributed by atoms with E-state index in [1.807, 2.05) is 0 Å². The lowest BCUT2D eigenvalue weighted by molar-refractivity contribution is 0.661. The highest BCUT2D eigenvalue weighted by molar-refractivity contribution is 6.24. The van der Waals surface area contributed by atoms with Crippen LogP contribution in [-0.4, -0.2) is 0 Å². The Hall–Kier alpha value is -6.50. The lowest BCUT2D eigenvalue weighted by Crippen LogP contribution is -2.15. The molecule has 248 valence electrons. The summed E-state index contributed by atoms with van der Waals surface area (Å²) in [5.41, 5.74) is 13.0. The Balaban J connectivity index is 1.05. The second-order valence-corrected chi connectivity index (χ2v) is 15.2. The van der Waals surface area contributed by atoms with Crippen LogP contribution < -0.4 is 0 Å². The van der Waals surface area contributed by atoms with E-state index in [4.69, 9.17) is 0 Å². The average molecular weight is 673 g/mol. The third kappa shape index (κ3) is 4.42. The van der Waals surface area contributed by atoms with Crippen molar-refractivity contribution in [3.8, 4) is 44.5 Å². The Morgan fingerprint density at radius 1 is 0.283 bits per heavy atom. The van der Waals surface area contributed by atoms with Gasteiger partial charge in [0, 0.05) is 5.41 Å². The van der Waals surface area contributed by atoms with Gasteiger partial charge in [0.2, 0.25) is 0 Å². The molecule has 0 radical (unpaired) electrons. The van der Waals surface area contributed by atoms with Gasteiger partial charge in [-0.1, -0.05) is 178 Å². The van der Waals surface area contributed by atoms with Crippen LogP contribution in [0.25, 0.3) is 98.4 Å². The Labute approximate surface area is 309 Å². The standard InChI is InChI=1S/C53H36/c1-53(2)50-31-35(39-21-11-14-33-12-3-5-15-38(33)39)24-26-46(50)47-27-25-36(32-51(47)53)40-28-29-45(43-18-8-7-17-42(40)43)49-30-37-23-22-34-13-4-6-16-41(34)52(37)48-20-10-9-19-44(48)49/h3-32H,1-2H3. The third-order valence-corrected chi connectivity index (χ3v) is 12.0. The van der Waals surface area contributed by atoms with E-state index < -0.39 is 0 Å². The predicted octanol–water partition coefficient (Wildman–Crippen LogP) is 14.8. The maximum absolute atomic E-state index is 2.46. The molecule has 0 nitrogen and oxygen atoms in total. The molecule has 0 atom stereocenters. The molecule has 10 aromatic rings. The van der Waals surface area contributed by atoms with Crippen molar-refractivity contribution in [3.63, 3.8) is 0 Å². The fourth-order valence-electron chi connectivity index (χ4n) is 9.44. The number of hydrogen-bond donors (Lipinski definition) is 0. The normalized spacial score (nSPS) is 13.2. The van der Waals surface area contributed by atoms with Crippen LogP contribution in [0, 0.1) is 0 Å². The van der Waals surface area contributed by atoms with Gasteiger partial charge in [-0.25, -0.2) is 0 Å². The van der Waals surface area contributed by atoms with Crippen LogP contribution in [0.1, 0.15) is 25.0 Å². The van der Waals surface area contributed by atoms with Gasteiger partial charge in [-0.3, -0.25) is 0 Å². The maximum atomic E-state index is 2.46. The van der Waals surface area contributed by atoms with Gasteiger partial charge in [-0.15, -0.1) is 0 Å². The number of rotatable bonds is 3. The van der Waals surface area contributed by atoms with Crippen LogP contribution in [-0.2, 0) is 5.41 Å². The molecule has 0 aliphatic heterocycles. The molecular formula is C53H36. The van der Waals surface area contributed by atoms with Crippen LogP contribution in [0.5, 0.6) is 0 Å². The Kier molecular flexibility index (Phi) is 6.40. The van der Waals surface area contributed by atoms with Gasteiger partial charge in [0.1, 0.15) is 0 Å². The zero-order chi connectivity index (χ0) is 35.3. The van der Waals surface area contributed by atoms with Crippen molar-refractivity contribution < 1.29 is 0 Å². The molecule has 1 aliphatic carbocycles. The van der Waals surface area contributed by atoms with Gasteiger partial charge >= 0.3 is 0 Å². The van der Waals surface area contributed by atoms with Gasteiger partial charge in [0.15, 0.2) is 0 Å². The molecule has 0 heterocycles. The smallest absolute Gasteiger partial charge is 0.0159 e. The van der Waals surface area contributed by atoms with E-state index in [0.29, 0.717) is 0 Å². The molecule has 53 heavy (non-hydrogen) atoms. The molecule has 0 saturated heterocycles. The summed E-state index contributed by atoms with van der Waals surface area (Å²) in [5.74, 6) is 0. The first-order chi connectivity index (χ1) is 26.0. The lowest BCUT2D eigenvalue weighted by Gasteiger charge is -2.23. The molecule has 0 aromatic heterocycles. The van der Waals surface area contributed by atoms with Crippen molar-refractivity contribution in [3.05, 3.63) is 193 Å². The Bertz CT molecular complexity index is 3130. The summed E-state index contributed by atoms with van der Waals surface area (Å²) < 4.78 is 0. The zero-order valence-corrected chi connectivity index (χ0v) is 29.8. The van der Waals surface area contributed by atoms with E-state index >= 15 is 0 Å². The molecule has 0 amide bonds. The summed E-state index contributed by atoms with van der Waals surface area (Å²) >= 11 is 0. The first-order valence-electron chi connectivity index (χ1n) is 18.7. The summed E-state index contributed by atoms with van der Waals surface area (Å²) in [6.45, 7) is 4.78. The van der Waals surface area contributed by atoms with Gasteiger partial charge in [0.05, 0.1) is 0 Å². The molecule has 0 spiro atoms. The van der Waals surface area contributed by atoms with Crippen molar-refractivity contribution in [2.75, 3.05) is 0 Å². The fourth-order valence-corrected chi connectivity index (χ4v) is 9.44. The second-order valence-electron chi connectivity index (χ2n) is 15.2. The Morgan fingerprint density at radius 3 is 1.42 bits per heavy atom. The molecule has 0 N–H and O–H groups in total. The van der Waals surface area contributed by atoms with E-state index in [1.54, 1.807) is 0 Å². The molecule has 0 heteroatoms. The van der Waals surface area contributed by atoms with Gasteiger partial charge in [-0.05, 0) is 128 Å². The lowest BCUT2D eigenvalue weighted by atomic mass is 9.80. The maximum Gasteiger partial charge on any atom is 0.0159 e. The molecule has 10 aromatic carbocycles. The number of hydrogen-bond acceptors (Lipinski definition) is 0. The molecule has 0 unspecified atom stereocenters. The van der Waals surface area contributed by atoms with Gasteiger partial charge in [0.25, 0.3) is 0 Å². The van der Waals surface area contributed by atoms with Crippen molar-refractivity contribution in [2.24, 2.45) is 0 Å². The molecule has 0 bridgehead atoms. The van der Waals surface area contributed by atoms with Crippen LogP contribution in [0.2, 0.25) is 0 Å². The number of benzene rings is 10. The van der Waals surface area contributed by atoms with Crippen LogP contribution in [0.4, 0.5) is 0 Å². The predicted molar refractivity (Wildman–Crippen MR) is 228 cm³/mol. The zero-order valence-electron chi connectivity index (χ0n) is 29.8. The largest absolute Gasteiger partial charge is 0.0616 e. The second kappa shape index (κ2) is 11.2. The third-order valence-electron chi connectivity index (χ3n) is 12.0. The van der Waals surface area contributed by atoms with E-state index in [1.165, 1.54) is 109 Å². The quantitative estimate of drug-likeness (QED) is 0.164. The van der Waals surface area contributed by atoms with Crippen LogP contribution in [0.15, 0.2) is 182 Å². The van der Waals surface area contributed by atoms with Crippen molar-refractivity contribution >= 4 is 53.9 Å². The van der Waals surface area contributed by atoms with Crippen molar-refractivity contribution in [1.82, 2.24) is 0 Å². The van der Waals surface area contributed by atoms with Crippen molar-refractivity contribution in [1.29, 1.82) is 0 Å². The highest BCUT2D eigenvalue weighted by atomic mass is 14.4.